The lowest BCUT2D eigenvalue weighted by molar-refractivity contribution is 0.00578. The van der Waals surface area contributed by atoms with Crippen molar-refractivity contribution in [3.63, 3.8) is 0 Å². The number of hydrogen-bond acceptors (Lipinski definition) is 6. The Morgan fingerprint density at radius 3 is 0.880 bits per heavy atom. The lowest BCUT2D eigenvalue weighted by Crippen LogP contribution is -2.41. The fourth-order valence-corrected chi connectivity index (χ4v) is 13.7. The summed E-state index contributed by atoms with van der Waals surface area (Å²) >= 11 is 6.46. The van der Waals surface area contributed by atoms with Gasteiger partial charge in [0.2, 0.25) is 0 Å². The normalized spacial score (nSPS) is 17.8. The molecule has 17 rings (SSSR count). The number of fused-ring (bicyclic) bond motifs is 12. The third-order valence-electron chi connectivity index (χ3n) is 20.5. The third-order valence-corrected chi connectivity index (χ3v) is 20.7. The van der Waals surface area contributed by atoms with Gasteiger partial charge in [-0.1, -0.05) is 133 Å². The van der Waals surface area contributed by atoms with Crippen LogP contribution in [0.2, 0.25) is 5.02 Å². The van der Waals surface area contributed by atoms with E-state index >= 15 is 0 Å². The fraction of sp³-hybridized carbons (Fsp3) is 0.231. The van der Waals surface area contributed by atoms with Crippen molar-refractivity contribution in [2.45, 2.75) is 117 Å². The van der Waals surface area contributed by atoms with E-state index in [1.165, 1.54) is 76.2 Å². The molecule has 0 radical (unpaired) electrons. The second-order valence-corrected chi connectivity index (χ2v) is 28.2. The van der Waals surface area contributed by atoms with E-state index in [2.05, 4.69) is 270 Å². The quantitative estimate of drug-likeness (QED) is 0.154. The molecule has 0 N–H and O–H groups in total. The van der Waals surface area contributed by atoms with Gasteiger partial charge in [-0.3, -0.25) is 0 Å². The molecule has 7 heterocycles. The maximum atomic E-state index is 6.46. The molecule has 458 valence electrons. The van der Waals surface area contributed by atoms with Crippen molar-refractivity contribution in [3.05, 3.63) is 236 Å². The largest absolute Gasteiger partial charge is 0.494 e. The molecule has 14 aromatic rings. The van der Waals surface area contributed by atoms with Gasteiger partial charge < -0.3 is 46.2 Å². The van der Waals surface area contributed by atoms with Gasteiger partial charge in [0, 0.05) is 70.9 Å². The van der Waals surface area contributed by atoms with Crippen LogP contribution in [0.5, 0.6) is 0 Å². The van der Waals surface area contributed by atoms with Crippen molar-refractivity contribution < 1.29 is 27.9 Å². The van der Waals surface area contributed by atoms with Crippen LogP contribution in [0.4, 0.5) is 0 Å². The van der Waals surface area contributed by atoms with Gasteiger partial charge in [-0.25, -0.2) is 0 Å². The monoisotopic (exact) mass is 1230 g/mol. The van der Waals surface area contributed by atoms with Crippen molar-refractivity contribution in [1.29, 1.82) is 0 Å². The van der Waals surface area contributed by atoms with Crippen molar-refractivity contribution in [2.24, 2.45) is 0 Å². The van der Waals surface area contributed by atoms with E-state index in [9.17, 15) is 0 Å². The van der Waals surface area contributed by atoms with Crippen LogP contribution in [-0.2, 0) is 27.9 Å². The molecule has 0 unspecified atom stereocenters. The summed E-state index contributed by atoms with van der Waals surface area (Å²) in [4.78, 5) is 0. The van der Waals surface area contributed by atoms with Gasteiger partial charge in [0.05, 0.1) is 77.7 Å². The van der Waals surface area contributed by atoms with Gasteiger partial charge in [0.25, 0.3) is 0 Å². The Morgan fingerprint density at radius 1 is 0.250 bits per heavy atom. The van der Waals surface area contributed by atoms with Crippen LogP contribution in [0.25, 0.3) is 110 Å². The van der Waals surface area contributed by atoms with E-state index in [4.69, 9.17) is 39.5 Å². The maximum absolute atomic E-state index is 6.46. The predicted octanol–water partition coefficient (Wildman–Crippen LogP) is 19.0. The number of nitrogens with zero attached hydrogens (tertiary/aromatic N) is 4. The standard InChI is InChI=1S/C36H31BN2O2.C30H19ClN2.C12H24B2O4/c1-35(2)36(3,4)41-37(40-35)24-19-20-32-28(21-24)30-22-29-27-17-11-12-18-31(27)38(25-13-7-5-8-14-25)33(29)23-34(30)39(32)26-15-9-6-10-16-26;31-20-15-16-28-24(17-20)26-18-25-23-13-7-8-14-27(23)32(21-9-3-1-4-10-21)29(25)19-30(26)33(28)22-11-5-2-6-12-22;1-9(2)10(3,4)16-13(15-9)14-17-11(5,6)12(7,8)18-14/h5-23H,1-4H3;1-19H;1-8H3. The van der Waals surface area contributed by atoms with Crippen molar-refractivity contribution >= 4 is 125 Å². The minimum Gasteiger partial charge on any atom is -0.405 e. The van der Waals surface area contributed by atoms with Gasteiger partial charge in [0.15, 0.2) is 0 Å². The Balaban J connectivity index is 0.000000123. The zero-order valence-corrected chi connectivity index (χ0v) is 55.0. The van der Waals surface area contributed by atoms with Gasteiger partial charge in [-0.05, 0) is 198 Å². The molecule has 0 bridgehead atoms. The first-order valence-corrected chi connectivity index (χ1v) is 32.3. The summed E-state index contributed by atoms with van der Waals surface area (Å²) in [5.74, 6) is 0. The van der Waals surface area contributed by atoms with Crippen LogP contribution in [-0.4, -0.2) is 73.0 Å². The molecule has 3 aliphatic heterocycles. The molecular weight excluding hydrogens is 1160 g/mol. The van der Waals surface area contributed by atoms with Crippen molar-refractivity contribution in [3.8, 4) is 22.7 Å². The highest BCUT2D eigenvalue weighted by atomic mass is 35.5. The first-order chi connectivity index (χ1) is 44.0. The maximum Gasteiger partial charge on any atom is 0.494 e. The average Bonchev–Trinajstić information content (AvgIpc) is 1.57. The van der Waals surface area contributed by atoms with Gasteiger partial charge in [0.1, 0.15) is 0 Å². The molecule has 0 atom stereocenters. The van der Waals surface area contributed by atoms with E-state index in [1.807, 2.05) is 61.5 Å². The van der Waals surface area contributed by atoms with Gasteiger partial charge >= 0.3 is 21.1 Å². The Morgan fingerprint density at radius 2 is 0.522 bits per heavy atom. The van der Waals surface area contributed by atoms with Crippen molar-refractivity contribution in [2.75, 3.05) is 0 Å². The Kier molecular flexibility index (Phi) is 14.3. The molecule has 10 nitrogen and oxygen atoms in total. The van der Waals surface area contributed by atoms with E-state index in [0.29, 0.717) is 0 Å². The van der Waals surface area contributed by atoms with Crippen LogP contribution in [0.1, 0.15) is 83.1 Å². The summed E-state index contributed by atoms with van der Waals surface area (Å²) in [5.41, 5.74) is 12.9. The minimum atomic E-state index is -0.476. The first kappa shape index (κ1) is 59.9. The van der Waals surface area contributed by atoms with Crippen LogP contribution in [0, 0.1) is 0 Å². The van der Waals surface area contributed by atoms with Crippen LogP contribution >= 0.6 is 11.6 Å². The highest BCUT2D eigenvalue weighted by Gasteiger charge is 2.64. The topological polar surface area (TPSA) is 75.1 Å². The molecule has 3 aliphatic rings. The smallest absolute Gasteiger partial charge is 0.405 e. The summed E-state index contributed by atoms with van der Waals surface area (Å²) in [6, 6.07) is 82.0. The molecule has 3 saturated heterocycles. The van der Waals surface area contributed by atoms with E-state index in [0.717, 1.165) is 44.3 Å². The summed E-state index contributed by atoms with van der Waals surface area (Å²) in [5, 5.41) is 10.5. The molecule has 3 fully saturated rings. The number of halogens is 1. The summed E-state index contributed by atoms with van der Waals surface area (Å²) in [6.45, 7) is 24.6. The van der Waals surface area contributed by atoms with E-state index in [1.54, 1.807) is 0 Å². The summed E-state index contributed by atoms with van der Waals surface area (Å²) in [6.07, 6.45) is 0. The van der Waals surface area contributed by atoms with E-state index < -0.39 is 32.3 Å². The Hall–Kier alpha value is -8.36. The third kappa shape index (κ3) is 9.81. The minimum absolute atomic E-state index is 0.360. The zero-order valence-electron chi connectivity index (χ0n) is 54.3. The number of aromatic nitrogens is 4. The predicted molar refractivity (Wildman–Crippen MR) is 383 cm³/mol. The van der Waals surface area contributed by atoms with Gasteiger partial charge in [-0.2, -0.15) is 0 Å². The van der Waals surface area contributed by atoms with Crippen molar-refractivity contribution in [1.82, 2.24) is 18.3 Å². The lowest BCUT2D eigenvalue weighted by Gasteiger charge is -2.32. The summed E-state index contributed by atoms with van der Waals surface area (Å²) in [7, 11) is -1.37. The Labute approximate surface area is 543 Å². The molecule has 0 amide bonds. The molecule has 0 aliphatic carbocycles. The molecule has 0 saturated carbocycles. The lowest BCUT2D eigenvalue weighted by atomic mass is 9.49. The molecule has 10 aromatic carbocycles. The number of hydrogen-bond donors (Lipinski definition) is 0. The average molecular weight is 1230 g/mol. The number of benzene rings is 10. The molecule has 92 heavy (non-hydrogen) atoms. The Bertz CT molecular complexity index is 5090. The second kappa shape index (κ2) is 21.9. The van der Waals surface area contributed by atoms with Crippen LogP contribution in [0.3, 0.4) is 0 Å². The fourth-order valence-electron chi connectivity index (χ4n) is 13.5. The van der Waals surface area contributed by atoms with Crippen LogP contribution in [0.15, 0.2) is 231 Å². The number of para-hydroxylation sites is 6. The highest BCUT2D eigenvalue weighted by molar-refractivity contribution is 7.11. The summed E-state index contributed by atoms with van der Waals surface area (Å²) < 4.78 is 46.2. The molecular formula is C78H74B3ClN4O6. The van der Waals surface area contributed by atoms with Crippen LogP contribution < -0.4 is 5.46 Å². The zero-order chi connectivity index (χ0) is 63.9. The molecule has 0 spiro atoms. The first-order valence-electron chi connectivity index (χ1n) is 32.0. The van der Waals surface area contributed by atoms with E-state index in [-0.39, 0.29) is 22.4 Å². The van der Waals surface area contributed by atoms with Gasteiger partial charge in [-0.15, -0.1) is 0 Å². The number of rotatable bonds is 6. The SMILES string of the molecule is CC1(C)OB(B2OC(C)(C)C(C)(C)O2)OC1(C)C.CC1(C)OB(c2ccc3c(c2)c2cc4c5ccccc5n(-c5ccccc5)c4cc2n3-c2ccccc2)OC1(C)C.Clc1ccc2c(c1)c1cc3c4ccccc4n(-c4ccccc4)c3cc1n2-c1ccccc1. The molecule has 14 heteroatoms. The second-order valence-electron chi connectivity index (χ2n) is 27.8. The molecule has 4 aromatic heterocycles. The highest BCUT2D eigenvalue weighted by Crippen LogP contribution is 2.46.